The second-order valence-corrected chi connectivity index (χ2v) is 10.4. The third-order valence-corrected chi connectivity index (χ3v) is 7.19. The molecule has 0 unspecified atom stereocenters. The normalized spacial score (nSPS) is 23.3. The molecule has 8 heteroatoms. The van der Waals surface area contributed by atoms with E-state index in [0.29, 0.717) is 0 Å². The number of hydrogen-bond donors (Lipinski definition) is 6. The van der Waals surface area contributed by atoms with E-state index in [2.05, 4.69) is 41.7 Å². The lowest BCUT2D eigenvalue weighted by Gasteiger charge is -2.24. The Morgan fingerprint density at radius 2 is 0.657 bits per heavy atom. The van der Waals surface area contributed by atoms with E-state index in [1.165, 1.54) is 97.1 Å². The van der Waals surface area contributed by atoms with Crippen molar-refractivity contribution in [2.45, 2.75) is 57.8 Å². The predicted octanol–water partition coefficient (Wildman–Crippen LogP) is 0.666. The molecule has 2 heterocycles. The summed E-state index contributed by atoms with van der Waals surface area (Å²) < 4.78 is 0. The molecule has 2 aliphatic rings. The molecule has 0 aromatic heterocycles. The highest BCUT2D eigenvalue weighted by Crippen LogP contribution is 2.06. The van der Waals surface area contributed by atoms with E-state index in [-0.39, 0.29) is 0 Å². The lowest BCUT2D eigenvalue weighted by molar-refractivity contribution is 0.255. The predicted molar refractivity (Wildman–Crippen MR) is 152 cm³/mol. The van der Waals surface area contributed by atoms with Crippen molar-refractivity contribution in [1.82, 2.24) is 41.7 Å². The molecule has 0 aromatic rings. The minimum Gasteiger partial charge on any atom is -0.315 e. The molecule has 0 atom stereocenters. The van der Waals surface area contributed by atoms with Crippen LogP contribution in [0.2, 0.25) is 0 Å². The van der Waals surface area contributed by atoms with Gasteiger partial charge in [-0.1, -0.05) is 19.3 Å². The SMILES string of the molecule is C(CCCN1CCCNCCNCCCNCC1)CCCN1CCCNCCNCCCNCC1. The van der Waals surface area contributed by atoms with Crippen molar-refractivity contribution in [3.63, 3.8) is 0 Å². The summed E-state index contributed by atoms with van der Waals surface area (Å²) in [6.45, 7) is 20.8. The highest BCUT2D eigenvalue weighted by molar-refractivity contribution is 4.66. The Kier molecular flexibility index (Phi) is 21.2. The average molecular weight is 497 g/mol. The molecule has 0 aliphatic carbocycles. The maximum absolute atomic E-state index is 3.63. The van der Waals surface area contributed by atoms with Gasteiger partial charge in [-0.25, -0.2) is 0 Å². The van der Waals surface area contributed by atoms with Crippen molar-refractivity contribution in [3.05, 3.63) is 0 Å². The van der Waals surface area contributed by atoms with Crippen LogP contribution in [0.1, 0.15) is 57.8 Å². The quantitative estimate of drug-likeness (QED) is 0.274. The molecular weight excluding hydrogens is 436 g/mol. The molecular formula is C27H60N8. The number of nitrogens with zero attached hydrogens (tertiary/aromatic N) is 2. The lowest BCUT2D eigenvalue weighted by atomic mass is 10.1. The van der Waals surface area contributed by atoms with E-state index in [1.807, 2.05) is 0 Å². The van der Waals surface area contributed by atoms with Gasteiger partial charge < -0.3 is 41.7 Å². The van der Waals surface area contributed by atoms with Crippen LogP contribution < -0.4 is 31.9 Å². The van der Waals surface area contributed by atoms with Crippen molar-refractivity contribution >= 4 is 0 Å². The zero-order chi connectivity index (χ0) is 24.5. The van der Waals surface area contributed by atoms with Crippen LogP contribution in [0, 0.1) is 0 Å². The van der Waals surface area contributed by atoms with E-state index in [9.17, 15) is 0 Å². The summed E-state index contributed by atoms with van der Waals surface area (Å²) in [7, 11) is 0. The Balaban J connectivity index is 1.52. The highest BCUT2D eigenvalue weighted by Gasteiger charge is 2.07. The molecule has 2 saturated heterocycles. The number of unbranched alkanes of at least 4 members (excludes halogenated alkanes) is 4. The molecule has 0 aromatic carbocycles. The molecule has 0 spiro atoms. The van der Waals surface area contributed by atoms with Crippen LogP contribution in [-0.4, -0.2) is 128 Å². The largest absolute Gasteiger partial charge is 0.315 e. The Hall–Kier alpha value is -0.320. The van der Waals surface area contributed by atoms with Gasteiger partial charge in [-0.2, -0.15) is 0 Å². The third kappa shape index (κ3) is 19.5. The number of rotatable bonds is 8. The van der Waals surface area contributed by atoms with Crippen LogP contribution in [0.25, 0.3) is 0 Å². The van der Waals surface area contributed by atoms with Crippen LogP contribution in [-0.2, 0) is 0 Å². The van der Waals surface area contributed by atoms with E-state index >= 15 is 0 Å². The van der Waals surface area contributed by atoms with Gasteiger partial charge in [0, 0.05) is 52.4 Å². The van der Waals surface area contributed by atoms with Crippen molar-refractivity contribution in [1.29, 1.82) is 0 Å². The minimum atomic E-state index is 1.09. The molecule has 6 N–H and O–H groups in total. The lowest BCUT2D eigenvalue weighted by Crippen LogP contribution is -2.37. The zero-order valence-corrected chi connectivity index (χ0v) is 23.0. The van der Waals surface area contributed by atoms with Gasteiger partial charge in [0.2, 0.25) is 0 Å². The van der Waals surface area contributed by atoms with Crippen molar-refractivity contribution < 1.29 is 0 Å². The highest BCUT2D eigenvalue weighted by atomic mass is 15.1. The maximum Gasteiger partial charge on any atom is 0.0107 e. The van der Waals surface area contributed by atoms with Gasteiger partial charge in [-0.3, -0.25) is 0 Å². The molecule has 2 aliphatic heterocycles. The van der Waals surface area contributed by atoms with Gasteiger partial charge in [0.15, 0.2) is 0 Å². The summed E-state index contributed by atoms with van der Waals surface area (Å²) in [5.41, 5.74) is 0. The first-order valence-electron chi connectivity index (χ1n) is 15.1. The molecule has 0 amide bonds. The van der Waals surface area contributed by atoms with E-state index < -0.39 is 0 Å². The number of hydrogen-bond acceptors (Lipinski definition) is 8. The summed E-state index contributed by atoms with van der Waals surface area (Å²) in [4.78, 5) is 5.38. The monoisotopic (exact) mass is 496 g/mol. The summed E-state index contributed by atoms with van der Waals surface area (Å²) in [5, 5.41) is 21.5. The molecule has 0 bridgehead atoms. The smallest absolute Gasteiger partial charge is 0.0107 e. The summed E-state index contributed by atoms with van der Waals surface area (Å²) in [6.07, 6.45) is 11.8. The molecule has 208 valence electrons. The average Bonchev–Trinajstić information content (AvgIpc) is 2.87. The fourth-order valence-electron chi connectivity index (χ4n) is 4.98. The molecule has 2 fully saturated rings. The zero-order valence-electron chi connectivity index (χ0n) is 23.0. The van der Waals surface area contributed by atoms with Crippen LogP contribution in [0.4, 0.5) is 0 Å². The van der Waals surface area contributed by atoms with Crippen molar-refractivity contribution in [3.8, 4) is 0 Å². The van der Waals surface area contributed by atoms with Gasteiger partial charge in [0.1, 0.15) is 0 Å². The van der Waals surface area contributed by atoms with Gasteiger partial charge in [-0.15, -0.1) is 0 Å². The van der Waals surface area contributed by atoms with Crippen LogP contribution in [0.15, 0.2) is 0 Å². The first kappa shape index (κ1) is 30.9. The molecule has 2 rings (SSSR count). The van der Waals surface area contributed by atoms with Crippen LogP contribution in [0.5, 0.6) is 0 Å². The molecule has 0 saturated carbocycles. The molecule has 0 radical (unpaired) electrons. The van der Waals surface area contributed by atoms with Crippen molar-refractivity contribution in [2.75, 3.05) is 118 Å². The van der Waals surface area contributed by atoms with Gasteiger partial charge >= 0.3 is 0 Å². The van der Waals surface area contributed by atoms with Gasteiger partial charge in [0.25, 0.3) is 0 Å². The number of nitrogens with one attached hydrogen (secondary N) is 6. The van der Waals surface area contributed by atoms with Gasteiger partial charge in [0.05, 0.1) is 0 Å². The van der Waals surface area contributed by atoms with Gasteiger partial charge in [-0.05, 0) is 104 Å². The maximum atomic E-state index is 3.63. The first-order chi connectivity index (χ1) is 17.4. The summed E-state index contributed by atoms with van der Waals surface area (Å²) in [6, 6.07) is 0. The van der Waals surface area contributed by atoms with Crippen LogP contribution in [0.3, 0.4) is 0 Å². The molecule has 35 heavy (non-hydrogen) atoms. The third-order valence-electron chi connectivity index (χ3n) is 7.19. The first-order valence-corrected chi connectivity index (χ1v) is 15.1. The Labute approximate surface area is 217 Å². The fraction of sp³-hybridized carbons (Fsp3) is 1.00. The van der Waals surface area contributed by atoms with E-state index in [4.69, 9.17) is 0 Å². The minimum absolute atomic E-state index is 1.09. The Bertz CT molecular complexity index is 373. The van der Waals surface area contributed by atoms with E-state index in [1.54, 1.807) is 0 Å². The van der Waals surface area contributed by atoms with Crippen LogP contribution >= 0.6 is 0 Å². The topological polar surface area (TPSA) is 78.7 Å². The summed E-state index contributed by atoms with van der Waals surface area (Å²) in [5.74, 6) is 0. The standard InChI is InChI=1S/C27H60N8/c1(2-4-22-34-24-8-14-30-18-16-28-10-6-12-32-20-26-34)3-5-23-35-25-9-15-31-19-17-29-11-7-13-33-21-27-35/h28-33H,1-27H2. The van der Waals surface area contributed by atoms with E-state index in [0.717, 1.165) is 78.5 Å². The second kappa shape index (κ2) is 24.0. The second-order valence-electron chi connectivity index (χ2n) is 10.4. The van der Waals surface area contributed by atoms with Crippen molar-refractivity contribution in [2.24, 2.45) is 0 Å². The Morgan fingerprint density at radius 1 is 0.314 bits per heavy atom. The summed E-state index contributed by atoms with van der Waals surface area (Å²) >= 11 is 0. The molecule has 8 nitrogen and oxygen atoms in total. The Morgan fingerprint density at radius 3 is 1.09 bits per heavy atom. The fourth-order valence-corrected chi connectivity index (χ4v) is 4.98.